The van der Waals surface area contributed by atoms with Crippen molar-refractivity contribution in [3.05, 3.63) is 29.8 Å². The van der Waals surface area contributed by atoms with Crippen molar-refractivity contribution in [2.24, 2.45) is 10.9 Å². The first-order valence-electron chi connectivity index (χ1n) is 8.70. The summed E-state index contributed by atoms with van der Waals surface area (Å²) in [5.74, 6) is 0.374. The van der Waals surface area contributed by atoms with E-state index in [9.17, 15) is 13.6 Å². The van der Waals surface area contributed by atoms with Crippen molar-refractivity contribution in [3.8, 4) is 5.75 Å². The first-order valence-corrected chi connectivity index (χ1v) is 8.70. The van der Waals surface area contributed by atoms with Crippen LogP contribution in [-0.4, -0.2) is 50.2 Å². The molecule has 1 N–H and O–H groups in total. The van der Waals surface area contributed by atoms with Crippen LogP contribution in [0.1, 0.15) is 25.3 Å². The third-order valence-electron chi connectivity index (χ3n) is 4.18. The average molecular weight is 497 g/mol. The molecule has 1 saturated heterocycles. The molecule has 1 atom stereocenters. The number of benzene rings is 1. The molecule has 1 fully saturated rings. The number of hydrogen-bond acceptors (Lipinski definition) is 4. The zero-order valence-corrected chi connectivity index (χ0v) is 17.8. The van der Waals surface area contributed by atoms with Gasteiger partial charge in [-0.05, 0) is 25.8 Å². The van der Waals surface area contributed by atoms with E-state index in [1.165, 1.54) is 6.07 Å². The fourth-order valence-electron chi connectivity index (χ4n) is 2.99. The number of guanidine groups is 1. The van der Waals surface area contributed by atoms with E-state index >= 15 is 0 Å². The molecule has 6 nitrogen and oxygen atoms in total. The zero-order chi connectivity index (χ0) is 18.9. The number of hydrogen-bond donors (Lipinski definition) is 1. The van der Waals surface area contributed by atoms with Gasteiger partial charge in [0.05, 0.1) is 12.5 Å². The minimum atomic E-state index is -2.87. The molecule has 2 rings (SSSR count). The Hall–Kier alpha value is -1.65. The largest absolute Gasteiger partial charge is 0.466 e. The molecule has 9 heteroatoms. The number of ether oxygens (including phenoxy) is 2. The van der Waals surface area contributed by atoms with Crippen LogP contribution in [0, 0.1) is 5.92 Å². The lowest BCUT2D eigenvalue weighted by molar-refractivity contribution is -0.149. The molecule has 0 amide bonds. The van der Waals surface area contributed by atoms with E-state index < -0.39 is 6.61 Å². The number of nitrogens with one attached hydrogen (secondary N) is 1. The van der Waals surface area contributed by atoms with Crippen molar-refractivity contribution in [2.75, 3.05) is 26.7 Å². The highest BCUT2D eigenvalue weighted by Crippen LogP contribution is 2.21. The molecule has 1 aromatic carbocycles. The molecule has 0 bridgehead atoms. The van der Waals surface area contributed by atoms with Gasteiger partial charge in [0.15, 0.2) is 5.96 Å². The van der Waals surface area contributed by atoms with Gasteiger partial charge < -0.3 is 19.7 Å². The van der Waals surface area contributed by atoms with Crippen molar-refractivity contribution in [1.82, 2.24) is 10.2 Å². The third kappa shape index (κ3) is 7.11. The van der Waals surface area contributed by atoms with Gasteiger partial charge in [0.1, 0.15) is 5.75 Å². The molecule has 1 heterocycles. The SMILES string of the molecule is CCOC(=O)C1CCCN(C(=NC)NCc2ccccc2OC(F)F)C1.I. The molecule has 1 unspecified atom stereocenters. The summed E-state index contributed by atoms with van der Waals surface area (Å²) in [7, 11) is 1.65. The predicted octanol–water partition coefficient (Wildman–Crippen LogP) is 3.26. The van der Waals surface area contributed by atoms with Crippen molar-refractivity contribution < 1.29 is 23.0 Å². The molecule has 0 aromatic heterocycles. The number of para-hydroxylation sites is 1. The standard InChI is InChI=1S/C18H25F2N3O3.HI/c1-3-25-16(24)14-8-6-10-23(12-14)18(21-2)22-11-13-7-4-5-9-15(13)26-17(19)20;/h4-5,7,9,14,17H,3,6,8,10-12H2,1-2H3,(H,21,22);1H. The van der Waals surface area contributed by atoms with Crippen LogP contribution < -0.4 is 10.1 Å². The van der Waals surface area contributed by atoms with Crippen LogP contribution in [0.5, 0.6) is 5.75 Å². The lowest BCUT2D eigenvalue weighted by atomic mass is 9.98. The number of nitrogens with zero attached hydrogens (tertiary/aromatic N) is 2. The minimum absolute atomic E-state index is 0. The fraction of sp³-hybridized carbons (Fsp3) is 0.556. The Morgan fingerprint density at radius 2 is 2.15 bits per heavy atom. The van der Waals surface area contributed by atoms with Gasteiger partial charge in [-0.1, -0.05) is 18.2 Å². The van der Waals surface area contributed by atoms with Gasteiger partial charge in [0.2, 0.25) is 0 Å². The van der Waals surface area contributed by atoms with Crippen molar-refractivity contribution >= 4 is 35.9 Å². The lowest BCUT2D eigenvalue weighted by Crippen LogP contribution is -2.48. The molecule has 152 valence electrons. The highest BCUT2D eigenvalue weighted by Gasteiger charge is 2.28. The number of rotatable bonds is 6. The topological polar surface area (TPSA) is 63.2 Å². The highest BCUT2D eigenvalue weighted by molar-refractivity contribution is 14.0. The molecular weight excluding hydrogens is 471 g/mol. The van der Waals surface area contributed by atoms with E-state index in [1.807, 2.05) is 4.90 Å². The van der Waals surface area contributed by atoms with Crippen LogP contribution in [0.25, 0.3) is 0 Å². The Bertz CT molecular complexity index is 632. The van der Waals surface area contributed by atoms with E-state index in [1.54, 1.807) is 32.2 Å². The zero-order valence-electron chi connectivity index (χ0n) is 15.5. The van der Waals surface area contributed by atoms with E-state index in [-0.39, 0.29) is 48.2 Å². The Balaban J connectivity index is 0.00000364. The molecule has 0 radical (unpaired) electrons. The van der Waals surface area contributed by atoms with Gasteiger partial charge in [-0.15, -0.1) is 24.0 Å². The van der Waals surface area contributed by atoms with Gasteiger partial charge in [-0.2, -0.15) is 8.78 Å². The number of carbonyl (C=O) groups excluding carboxylic acids is 1. The first kappa shape index (κ1) is 23.4. The highest BCUT2D eigenvalue weighted by atomic mass is 127. The van der Waals surface area contributed by atoms with Crippen LogP contribution in [0.3, 0.4) is 0 Å². The quantitative estimate of drug-likeness (QED) is 0.283. The second-order valence-corrected chi connectivity index (χ2v) is 5.92. The number of carbonyl (C=O) groups is 1. The summed E-state index contributed by atoms with van der Waals surface area (Å²) < 4.78 is 34.7. The Kier molecular flexibility index (Phi) is 10.3. The maximum absolute atomic E-state index is 12.5. The molecule has 1 aliphatic heterocycles. The maximum atomic E-state index is 12.5. The first-order chi connectivity index (χ1) is 12.5. The molecule has 0 saturated carbocycles. The summed E-state index contributed by atoms with van der Waals surface area (Å²) in [5, 5.41) is 3.16. The Labute approximate surface area is 175 Å². The van der Waals surface area contributed by atoms with E-state index in [0.29, 0.717) is 24.7 Å². The molecule has 0 spiro atoms. The Morgan fingerprint density at radius 1 is 1.41 bits per heavy atom. The Morgan fingerprint density at radius 3 is 2.81 bits per heavy atom. The van der Waals surface area contributed by atoms with Gasteiger partial charge in [-0.3, -0.25) is 9.79 Å². The van der Waals surface area contributed by atoms with E-state index in [4.69, 9.17) is 4.74 Å². The average Bonchev–Trinajstić information content (AvgIpc) is 2.63. The van der Waals surface area contributed by atoms with Crippen LogP contribution >= 0.6 is 24.0 Å². The molecule has 0 aliphatic carbocycles. The van der Waals surface area contributed by atoms with Crippen LogP contribution in [-0.2, 0) is 16.1 Å². The summed E-state index contributed by atoms with van der Waals surface area (Å²) >= 11 is 0. The number of esters is 1. The molecule has 27 heavy (non-hydrogen) atoms. The number of piperidine rings is 1. The monoisotopic (exact) mass is 497 g/mol. The van der Waals surface area contributed by atoms with Gasteiger partial charge in [0.25, 0.3) is 0 Å². The summed E-state index contributed by atoms with van der Waals surface area (Å²) in [4.78, 5) is 18.2. The van der Waals surface area contributed by atoms with Crippen LogP contribution in [0.2, 0.25) is 0 Å². The third-order valence-corrected chi connectivity index (χ3v) is 4.18. The number of alkyl halides is 2. The summed E-state index contributed by atoms with van der Waals surface area (Å²) in [5.41, 5.74) is 0.605. The summed E-state index contributed by atoms with van der Waals surface area (Å²) in [6, 6.07) is 6.62. The van der Waals surface area contributed by atoms with Crippen molar-refractivity contribution in [3.63, 3.8) is 0 Å². The van der Waals surface area contributed by atoms with Crippen LogP contribution in [0.4, 0.5) is 8.78 Å². The lowest BCUT2D eigenvalue weighted by Gasteiger charge is -2.34. The molecule has 1 aliphatic rings. The van der Waals surface area contributed by atoms with Crippen molar-refractivity contribution in [1.29, 1.82) is 0 Å². The van der Waals surface area contributed by atoms with Gasteiger partial charge >= 0.3 is 12.6 Å². The van der Waals surface area contributed by atoms with Gasteiger partial charge in [0, 0.05) is 32.2 Å². The second-order valence-electron chi connectivity index (χ2n) is 5.92. The van der Waals surface area contributed by atoms with Crippen molar-refractivity contribution in [2.45, 2.75) is 32.9 Å². The number of aliphatic imine (C=N–C) groups is 1. The summed E-state index contributed by atoms with van der Waals surface area (Å²) in [6.07, 6.45) is 1.65. The van der Waals surface area contributed by atoms with E-state index in [0.717, 1.165) is 19.4 Å². The predicted molar refractivity (Wildman–Crippen MR) is 110 cm³/mol. The van der Waals surface area contributed by atoms with Crippen LogP contribution in [0.15, 0.2) is 29.3 Å². The molecular formula is C18H26F2IN3O3. The van der Waals surface area contributed by atoms with Gasteiger partial charge in [-0.25, -0.2) is 0 Å². The molecule has 1 aromatic rings. The smallest absolute Gasteiger partial charge is 0.387 e. The maximum Gasteiger partial charge on any atom is 0.387 e. The second kappa shape index (κ2) is 11.9. The fourth-order valence-corrected chi connectivity index (χ4v) is 2.99. The number of likely N-dealkylation sites (tertiary alicyclic amines) is 1. The van der Waals surface area contributed by atoms with E-state index in [2.05, 4.69) is 15.0 Å². The summed E-state index contributed by atoms with van der Waals surface area (Å²) in [6.45, 7) is 0.860. The minimum Gasteiger partial charge on any atom is -0.466 e. The number of halogens is 3. The normalized spacial score (nSPS) is 17.3.